The van der Waals surface area contributed by atoms with Gasteiger partial charge >= 0.3 is 0 Å². The van der Waals surface area contributed by atoms with Gasteiger partial charge in [0.2, 0.25) is 0 Å². The van der Waals surface area contributed by atoms with E-state index in [1.807, 2.05) is 0 Å². The third-order valence-electron chi connectivity index (χ3n) is 4.86. The lowest BCUT2D eigenvalue weighted by atomic mass is 9.68. The maximum atomic E-state index is 6.45. The molecule has 3 unspecified atom stereocenters. The summed E-state index contributed by atoms with van der Waals surface area (Å²) in [6.45, 7) is 7.61. The molecule has 100 valence electrons. The zero-order valence-corrected chi connectivity index (χ0v) is 11.6. The van der Waals surface area contributed by atoms with Crippen molar-refractivity contribution in [3.05, 3.63) is 0 Å². The standard InChI is InChI=1S/C14H28N2O/c1-14(2)7-4-5-11(13(14)15)9-16(3)12-6-8-17-10-12/h11-13H,4-10,15H2,1-3H3. The number of hydrogen-bond donors (Lipinski definition) is 1. The number of likely N-dealkylation sites (N-methyl/N-ethyl adjacent to an activating group) is 1. The highest BCUT2D eigenvalue weighted by molar-refractivity contribution is 4.92. The second-order valence-corrected chi connectivity index (χ2v) is 6.62. The predicted octanol–water partition coefficient (Wildman–Crippen LogP) is 1.86. The molecule has 3 atom stereocenters. The molecule has 3 heteroatoms. The molecule has 0 radical (unpaired) electrons. The van der Waals surface area contributed by atoms with E-state index in [2.05, 4.69) is 25.8 Å². The van der Waals surface area contributed by atoms with Gasteiger partial charge in [-0.05, 0) is 37.6 Å². The van der Waals surface area contributed by atoms with Gasteiger partial charge in [-0.1, -0.05) is 20.3 Å². The molecule has 0 bridgehead atoms. The van der Waals surface area contributed by atoms with E-state index >= 15 is 0 Å². The smallest absolute Gasteiger partial charge is 0.0622 e. The van der Waals surface area contributed by atoms with Gasteiger partial charge < -0.3 is 15.4 Å². The van der Waals surface area contributed by atoms with E-state index in [0.29, 0.717) is 23.4 Å². The van der Waals surface area contributed by atoms with Crippen molar-refractivity contribution in [1.82, 2.24) is 4.90 Å². The molecule has 2 aliphatic rings. The van der Waals surface area contributed by atoms with Gasteiger partial charge in [-0.2, -0.15) is 0 Å². The van der Waals surface area contributed by atoms with Crippen molar-refractivity contribution in [2.75, 3.05) is 26.8 Å². The summed E-state index contributed by atoms with van der Waals surface area (Å²) in [5.74, 6) is 0.657. The summed E-state index contributed by atoms with van der Waals surface area (Å²) in [5.41, 5.74) is 6.76. The molecule has 2 N–H and O–H groups in total. The van der Waals surface area contributed by atoms with E-state index in [-0.39, 0.29) is 0 Å². The first kappa shape index (κ1) is 13.3. The van der Waals surface area contributed by atoms with Gasteiger partial charge in [-0.3, -0.25) is 0 Å². The molecule has 3 nitrogen and oxygen atoms in total. The second-order valence-electron chi connectivity index (χ2n) is 6.62. The third kappa shape index (κ3) is 3.01. The Morgan fingerprint density at radius 1 is 1.35 bits per heavy atom. The highest BCUT2D eigenvalue weighted by atomic mass is 16.5. The Kier molecular flexibility index (Phi) is 4.11. The molecule has 2 rings (SSSR count). The molecule has 1 saturated carbocycles. The van der Waals surface area contributed by atoms with E-state index in [1.165, 1.54) is 25.7 Å². The van der Waals surface area contributed by atoms with Crippen molar-refractivity contribution in [3.8, 4) is 0 Å². The van der Waals surface area contributed by atoms with Crippen molar-refractivity contribution in [3.63, 3.8) is 0 Å². The number of hydrogen-bond acceptors (Lipinski definition) is 3. The Labute approximate surface area is 106 Å². The Bertz CT molecular complexity index is 249. The van der Waals surface area contributed by atoms with Crippen molar-refractivity contribution >= 4 is 0 Å². The van der Waals surface area contributed by atoms with Crippen molar-refractivity contribution in [2.45, 2.75) is 51.6 Å². The first-order valence-corrected chi connectivity index (χ1v) is 7.04. The summed E-state index contributed by atoms with van der Waals surface area (Å²) < 4.78 is 5.46. The zero-order chi connectivity index (χ0) is 12.5. The Hall–Kier alpha value is -0.120. The van der Waals surface area contributed by atoms with Crippen LogP contribution in [0.5, 0.6) is 0 Å². The van der Waals surface area contributed by atoms with Gasteiger partial charge in [0.1, 0.15) is 0 Å². The van der Waals surface area contributed by atoms with Gasteiger partial charge in [-0.15, -0.1) is 0 Å². The Morgan fingerprint density at radius 3 is 2.76 bits per heavy atom. The molecule has 2 fully saturated rings. The minimum Gasteiger partial charge on any atom is -0.380 e. The van der Waals surface area contributed by atoms with Crippen LogP contribution in [-0.2, 0) is 4.74 Å². The van der Waals surface area contributed by atoms with Crippen LogP contribution in [0.4, 0.5) is 0 Å². The number of ether oxygens (including phenoxy) is 1. The SMILES string of the molecule is CN(CC1CCCC(C)(C)C1N)C1CCOC1. The normalized spacial score (nSPS) is 37.6. The van der Waals surface area contributed by atoms with E-state index in [1.54, 1.807) is 0 Å². The highest BCUT2D eigenvalue weighted by Crippen LogP contribution is 2.38. The van der Waals surface area contributed by atoms with Crippen LogP contribution in [-0.4, -0.2) is 43.8 Å². The van der Waals surface area contributed by atoms with Gasteiger partial charge in [-0.25, -0.2) is 0 Å². The lowest BCUT2D eigenvalue weighted by molar-refractivity contribution is 0.0901. The molecular formula is C14H28N2O. The van der Waals surface area contributed by atoms with Crippen LogP contribution in [0, 0.1) is 11.3 Å². The summed E-state index contributed by atoms with van der Waals surface area (Å²) >= 11 is 0. The molecule has 1 aliphatic heterocycles. The molecule has 1 saturated heterocycles. The van der Waals surface area contributed by atoms with Crippen LogP contribution in [0.2, 0.25) is 0 Å². The number of nitrogens with two attached hydrogens (primary N) is 1. The quantitative estimate of drug-likeness (QED) is 0.818. The first-order chi connectivity index (χ1) is 8.00. The maximum Gasteiger partial charge on any atom is 0.0622 e. The average molecular weight is 240 g/mol. The number of rotatable bonds is 3. The zero-order valence-electron chi connectivity index (χ0n) is 11.6. The minimum atomic E-state index is 0.315. The molecular weight excluding hydrogens is 212 g/mol. The summed E-state index contributed by atoms with van der Waals surface area (Å²) in [6, 6.07) is 0.966. The third-order valence-corrected chi connectivity index (χ3v) is 4.86. The van der Waals surface area contributed by atoms with Crippen LogP contribution in [0.3, 0.4) is 0 Å². The van der Waals surface area contributed by atoms with E-state index in [9.17, 15) is 0 Å². The molecule has 0 amide bonds. The van der Waals surface area contributed by atoms with Crippen LogP contribution < -0.4 is 5.73 Å². The molecule has 0 aromatic carbocycles. The maximum absolute atomic E-state index is 6.45. The molecule has 0 aromatic heterocycles. The van der Waals surface area contributed by atoms with E-state index < -0.39 is 0 Å². The fourth-order valence-corrected chi connectivity index (χ4v) is 3.40. The van der Waals surface area contributed by atoms with Gasteiger partial charge in [0.15, 0.2) is 0 Å². The average Bonchev–Trinajstić information content (AvgIpc) is 2.78. The summed E-state index contributed by atoms with van der Waals surface area (Å²) in [7, 11) is 2.23. The van der Waals surface area contributed by atoms with E-state index in [0.717, 1.165) is 19.8 Å². The lowest BCUT2D eigenvalue weighted by Gasteiger charge is -2.43. The Morgan fingerprint density at radius 2 is 2.12 bits per heavy atom. The summed E-state index contributed by atoms with van der Waals surface area (Å²) in [5, 5.41) is 0. The topological polar surface area (TPSA) is 38.5 Å². The van der Waals surface area contributed by atoms with E-state index in [4.69, 9.17) is 10.5 Å². The van der Waals surface area contributed by atoms with Crippen molar-refractivity contribution in [2.24, 2.45) is 17.1 Å². The van der Waals surface area contributed by atoms with Crippen LogP contribution >= 0.6 is 0 Å². The molecule has 0 aromatic rings. The van der Waals surface area contributed by atoms with Crippen LogP contribution in [0.1, 0.15) is 39.5 Å². The number of nitrogens with zero attached hydrogens (tertiary/aromatic N) is 1. The molecule has 1 aliphatic carbocycles. The van der Waals surface area contributed by atoms with Gasteiger partial charge in [0.25, 0.3) is 0 Å². The molecule has 0 spiro atoms. The Balaban J connectivity index is 1.89. The largest absolute Gasteiger partial charge is 0.380 e. The summed E-state index contributed by atoms with van der Waals surface area (Å²) in [6.07, 6.45) is 5.09. The van der Waals surface area contributed by atoms with Crippen LogP contribution in [0.25, 0.3) is 0 Å². The van der Waals surface area contributed by atoms with Gasteiger partial charge in [0.05, 0.1) is 6.61 Å². The van der Waals surface area contributed by atoms with Gasteiger partial charge in [0, 0.05) is 25.2 Å². The highest BCUT2D eigenvalue weighted by Gasteiger charge is 2.37. The molecule has 17 heavy (non-hydrogen) atoms. The first-order valence-electron chi connectivity index (χ1n) is 7.04. The fraction of sp³-hybridized carbons (Fsp3) is 1.00. The second kappa shape index (κ2) is 5.25. The lowest BCUT2D eigenvalue weighted by Crippen LogP contribution is -2.51. The van der Waals surface area contributed by atoms with Crippen molar-refractivity contribution < 1.29 is 4.74 Å². The molecule has 1 heterocycles. The summed E-state index contributed by atoms with van der Waals surface area (Å²) in [4.78, 5) is 2.47. The predicted molar refractivity (Wildman–Crippen MR) is 71.0 cm³/mol. The minimum absolute atomic E-state index is 0.315. The monoisotopic (exact) mass is 240 g/mol. The van der Waals surface area contributed by atoms with Crippen LogP contribution in [0.15, 0.2) is 0 Å². The van der Waals surface area contributed by atoms with Crippen molar-refractivity contribution in [1.29, 1.82) is 0 Å². The fourth-order valence-electron chi connectivity index (χ4n) is 3.40.